The van der Waals surface area contributed by atoms with Crippen molar-refractivity contribution >= 4 is 34.3 Å². The molecule has 0 aliphatic carbocycles. The lowest BCUT2D eigenvalue weighted by Crippen LogP contribution is -2.32. The van der Waals surface area contributed by atoms with Crippen molar-refractivity contribution in [2.75, 3.05) is 6.26 Å². The number of hydrogen-bond acceptors (Lipinski definition) is 7. The molecular weight excluding hydrogens is 554 g/mol. The molecule has 0 amide bonds. The Kier molecular flexibility index (Phi) is 9.51. The summed E-state index contributed by atoms with van der Waals surface area (Å²) in [7, 11) is -1.67. The maximum absolute atomic E-state index is 15.6. The third kappa shape index (κ3) is 6.84. The van der Waals surface area contributed by atoms with Crippen molar-refractivity contribution in [1.82, 2.24) is 14.3 Å². The van der Waals surface area contributed by atoms with E-state index in [1.165, 1.54) is 49.0 Å². The Morgan fingerprint density at radius 3 is 2.59 bits per heavy atom. The van der Waals surface area contributed by atoms with Gasteiger partial charge in [-0.2, -0.15) is 9.78 Å². The fourth-order valence-electron chi connectivity index (χ4n) is 3.83. The molecule has 0 fully saturated rings. The van der Waals surface area contributed by atoms with Gasteiger partial charge in [0, 0.05) is 29.9 Å². The zero-order valence-corrected chi connectivity index (χ0v) is 23.0. The second-order valence-corrected chi connectivity index (χ2v) is 10.4. The van der Waals surface area contributed by atoms with Crippen LogP contribution in [0.1, 0.15) is 42.3 Å². The quantitative estimate of drug-likeness (QED) is 0.262. The summed E-state index contributed by atoms with van der Waals surface area (Å²) in [4.78, 5) is 17.0. The molecule has 2 atom stereocenters. The molecule has 3 N–H and O–H groups in total. The smallest absolute Gasteiger partial charge is 0.324 e. The van der Waals surface area contributed by atoms with Crippen LogP contribution in [0.4, 0.5) is 8.78 Å². The summed E-state index contributed by atoms with van der Waals surface area (Å²) in [6.45, 7) is 4.97. The fraction of sp³-hybridized carbons (Fsp3) is 0.269. The van der Waals surface area contributed by atoms with E-state index >= 15 is 8.78 Å². The van der Waals surface area contributed by atoms with E-state index in [1.807, 2.05) is 0 Å². The Bertz CT molecular complexity index is 1560. The van der Waals surface area contributed by atoms with E-state index in [1.54, 1.807) is 26.8 Å². The molecule has 39 heavy (non-hydrogen) atoms. The van der Waals surface area contributed by atoms with Crippen molar-refractivity contribution in [1.29, 1.82) is 0 Å². The molecule has 0 aliphatic heterocycles. The molecule has 2 heterocycles. The van der Waals surface area contributed by atoms with E-state index in [4.69, 9.17) is 11.6 Å². The Morgan fingerprint density at radius 1 is 1.31 bits per heavy atom. The third-order valence-electron chi connectivity index (χ3n) is 5.75. The molecular formula is C26H27ClF2N4O5S. The van der Waals surface area contributed by atoms with Gasteiger partial charge in [0.1, 0.15) is 16.6 Å². The van der Waals surface area contributed by atoms with Crippen molar-refractivity contribution in [2.24, 2.45) is 4.99 Å². The molecule has 0 saturated heterocycles. The van der Waals surface area contributed by atoms with Crippen LogP contribution in [0.2, 0.25) is 5.02 Å². The number of aromatic nitrogens is 3. The minimum atomic E-state index is -3.15. The van der Waals surface area contributed by atoms with Crippen LogP contribution < -0.4 is 5.56 Å². The molecule has 208 valence electrons. The summed E-state index contributed by atoms with van der Waals surface area (Å²) in [6, 6.07) is 7.11. The first-order chi connectivity index (χ1) is 18.3. The molecule has 0 saturated carbocycles. The zero-order valence-electron chi connectivity index (χ0n) is 21.5. The number of hydrogen-bond donors (Lipinski definition) is 3. The summed E-state index contributed by atoms with van der Waals surface area (Å²) < 4.78 is 44.1. The van der Waals surface area contributed by atoms with Gasteiger partial charge in [-0.1, -0.05) is 30.7 Å². The van der Waals surface area contributed by atoms with Gasteiger partial charge in [0.15, 0.2) is 5.83 Å². The third-order valence-corrected chi connectivity index (χ3v) is 7.07. The molecule has 2 unspecified atom stereocenters. The number of allylic oxidation sites excluding steroid dienone is 2. The predicted octanol–water partition coefficient (Wildman–Crippen LogP) is 3.56. The van der Waals surface area contributed by atoms with Crippen LogP contribution in [0, 0.1) is 12.7 Å². The summed E-state index contributed by atoms with van der Waals surface area (Å²) in [5.41, 5.74) is -0.214. The predicted molar refractivity (Wildman–Crippen MR) is 145 cm³/mol. The maximum Gasteiger partial charge on any atom is 0.389 e. The molecule has 2 aromatic heterocycles. The molecule has 9 nitrogen and oxygen atoms in total. The Balaban J connectivity index is 2.03. The van der Waals surface area contributed by atoms with E-state index in [0.29, 0.717) is 21.6 Å². The number of pyridine rings is 1. The van der Waals surface area contributed by atoms with E-state index < -0.39 is 39.8 Å². The van der Waals surface area contributed by atoms with Crippen molar-refractivity contribution in [2.45, 2.75) is 44.1 Å². The minimum absolute atomic E-state index is 0.115. The van der Waals surface area contributed by atoms with E-state index in [9.17, 15) is 24.3 Å². The summed E-state index contributed by atoms with van der Waals surface area (Å²) >= 11 is 6.39. The molecule has 0 aliphatic rings. The summed E-state index contributed by atoms with van der Waals surface area (Å²) in [5, 5.41) is 31.5. The van der Waals surface area contributed by atoms with Crippen molar-refractivity contribution < 1.29 is 28.3 Å². The average Bonchev–Trinajstić information content (AvgIpc) is 3.34. The monoisotopic (exact) mass is 580 g/mol. The second-order valence-electron chi connectivity index (χ2n) is 8.70. The maximum atomic E-state index is 15.6. The number of aryl methyl sites for hydroxylation is 1. The standard InChI is InChI=1S/C26H27ClF2N4O5S/c1-5-10-30-24(18-7-6-8-21(23(18)29)39(4)38)20(28)14-32-16(3)13-19(22(27)25(32)34)15(2)12-17-9-11-33(31-17)26(35,36)37/h5-11,13-15,35-37H,12H2,1-4H3/b10-5+,20-14-,30-24+. The van der Waals surface area contributed by atoms with Crippen LogP contribution >= 0.6 is 11.6 Å². The average molecular weight is 581 g/mol. The number of rotatable bonds is 9. The minimum Gasteiger partial charge on any atom is -0.324 e. The highest BCUT2D eigenvalue weighted by atomic mass is 35.5. The van der Waals surface area contributed by atoms with Gasteiger partial charge < -0.3 is 15.3 Å². The molecule has 0 radical (unpaired) electrons. The molecule has 3 aromatic rings. The fourth-order valence-corrected chi connectivity index (χ4v) is 4.79. The van der Waals surface area contributed by atoms with Gasteiger partial charge in [0.05, 0.1) is 27.6 Å². The van der Waals surface area contributed by atoms with Crippen LogP contribution in [0.25, 0.3) is 6.20 Å². The Morgan fingerprint density at radius 2 is 2.00 bits per heavy atom. The lowest BCUT2D eigenvalue weighted by molar-refractivity contribution is -0.381. The van der Waals surface area contributed by atoms with Crippen molar-refractivity contribution in [3.63, 3.8) is 0 Å². The van der Waals surface area contributed by atoms with Crippen LogP contribution in [-0.4, -0.2) is 45.8 Å². The van der Waals surface area contributed by atoms with E-state index in [0.717, 1.165) is 10.8 Å². The van der Waals surface area contributed by atoms with Gasteiger partial charge in [0.25, 0.3) is 5.56 Å². The van der Waals surface area contributed by atoms with Gasteiger partial charge in [-0.3, -0.25) is 18.6 Å². The number of aliphatic imine (C=N–C) groups is 1. The van der Waals surface area contributed by atoms with Crippen LogP contribution in [0.15, 0.2) is 69.3 Å². The largest absolute Gasteiger partial charge is 0.389 e. The number of aliphatic hydroxyl groups is 3. The number of nitrogens with zero attached hydrogens (tertiary/aromatic N) is 4. The van der Waals surface area contributed by atoms with Gasteiger partial charge in [-0.05, 0) is 56.0 Å². The SMILES string of the molecule is C/C=C/N=C(/C(F)=C/n1c(C)cc(C(C)Cc2ccn(C(O)(O)O)n2)c(Cl)c1=O)c1cccc(S(C)=O)c1F. The summed E-state index contributed by atoms with van der Waals surface area (Å²) in [5.74, 6) is -2.29. The van der Waals surface area contributed by atoms with Crippen LogP contribution in [0.3, 0.4) is 0 Å². The number of benzene rings is 1. The topological polar surface area (TPSA) is 130 Å². The lowest BCUT2D eigenvalue weighted by atomic mass is 9.96. The van der Waals surface area contributed by atoms with Crippen LogP contribution in [-0.2, 0) is 23.3 Å². The molecule has 0 bridgehead atoms. The van der Waals surface area contributed by atoms with E-state index in [-0.39, 0.29) is 27.8 Å². The summed E-state index contributed by atoms with van der Waals surface area (Å²) in [6.07, 6.45) is 3.19. The normalized spacial score (nSPS) is 14.7. The zero-order chi connectivity index (χ0) is 29.1. The van der Waals surface area contributed by atoms with Crippen LogP contribution in [0.5, 0.6) is 0 Å². The Labute approximate surface area is 230 Å². The highest BCUT2D eigenvalue weighted by Gasteiger charge is 2.24. The van der Waals surface area contributed by atoms with Gasteiger partial charge in [0.2, 0.25) is 0 Å². The first-order valence-corrected chi connectivity index (χ1v) is 13.5. The van der Waals surface area contributed by atoms with E-state index in [2.05, 4.69) is 10.1 Å². The Hall–Kier alpha value is -3.29. The first-order valence-electron chi connectivity index (χ1n) is 11.6. The number of halogens is 3. The highest BCUT2D eigenvalue weighted by Crippen LogP contribution is 2.27. The second kappa shape index (κ2) is 12.3. The van der Waals surface area contributed by atoms with Crippen molar-refractivity contribution in [3.8, 4) is 0 Å². The first kappa shape index (κ1) is 30.3. The van der Waals surface area contributed by atoms with Gasteiger partial charge in [-0.15, -0.1) is 0 Å². The molecule has 3 rings (SSSR count). The van der Waals surface area contributed by atoms with Gasteiger partial charge in [-0.25, -0.2) is 8.78 Å². The molecule has 0 spiro atoms. The highest BCUT2D eigenvalue weighted by molar-refractivity contribution is 7.84. The molecule has 13 heteroatoms. The lowest BCUT2D eigenvalue weighted by Gasteiger charge is -2.16. The van der Waals surface area contributed by atoms with Gasteiger partial charge >= 0.3 is 6.10 Å². The molecule has 1 aromatic carbocycles. The van der Waals surface area contributed by atoms with Crippen molar-refractivity contribution in [3.05, 3.63) is 98.3 Å².